The van der Waals surface area contributed by atoms with E-state index in [9.17, 15) is 0 Å². The van der Waals surface area contributed by atoms with Crippen molar-refractivity contribution in [3.63, 3.8) is 0 Å². The summed E-state index contributed by atoms with van der Waals surface area (Å²) >= 11 is 0. The third kappa shape index (κ3) is 2.15. The van der Waals surface area contributed by atoms with Gasteiger partial charge in [0, 0.05) is 18.5 Å². The van der Waals surface area contributed by atoms with E-state index in [0.29, 0.717) is 6.54 Å². The third-order valence-electron chi connectivity index (χ3n) is 4.50. The van der Waals surface area contributed by atoms with Crippen molar-refractivity contribution in [3.05, 3.63) is 28.8 Å². The van der Waals surface area contributed by atoms with Gasteiger partial charge in [-0.2, -0.15) is 0 Å². The van der Waals surface area contributed by atoms with Crippen molar-refractivity contribution in [1.29, 1.82) is 0 Å². The molecule has 0 saturated heterocycles. The van der Waals surface area contributed by atoms with Gasteiger partial charge in [-0.05, 0) is 38.1 Å². The minimum absolute atomic E-state index is 0.0623. The molecule has 0 saturated carbocycles. The maximum Gasteiger partial charge on any atom is 0.127 e. The summed E-state index contributed by atoms with van der Waals surface area (Å²) in [4.78, 5) is 2.49. The van der Waals surface area contributed by atoms with Crippen LogP contribution in [-0.4, -0.2) is 31.1 Å². The van der Waals surface area contributed by atoms with Crippen LogP contribution in [0.2, 0.25) is 0 Å². The molecule has 1 atom stereocenters. The number of likely N-dealkylation sites (N-methyl/N-ethyl adjacent to an activating group) is 1. The molecule has 0 amide bonds. The van der Waals surface area contributed by atoms with E-state index in [2.05, 4.69) is 44.7 Å². The summed E-state index contributed by atoms with van der Waals surface area (Å²) in [6, 6.07) is 4.33. The topological polar surface area (TPSA) is 38.5 Å². The van der Waals surface area contributed by atoms with E-state index in [1.54, 1.807) is 0 Å². The van der Waals surface area contributed by atoms with E-state index in [4.69, 9.17) is 10.5 Å². The van der Waals surface area contributed by atoms with Gasteiger partial charge in [0.05, 0.1) is 12.1 Å². The molecule has 3 nitrogen and oxygen atoms in total. The zero-order chi connectivity index (χ0) is 14.0. The quantitative estimate of drug-likeness (QED) is 0.906. The van der Waals surface area contributed by atoms with Crippen LogP contribution in [-0.2, 0) is 5.54 Å². The van der Waals surface area contributed by atoms with Gasteiger partial charge in [0.15, 0.2) is 0 Å². The van der Waals surface area contributed by atoms with Gasteiger partial charge in [-0.1, -0.05) is 26.0 Å². The minimum atomic E-state index is -0.0623. The zero-order valence-electron chi connectivity index (χ0n) is 12.6. The molecule has 1 heterocycles. The maximum absolute atomic E-state index is 6.23. The highest BCUT2D eigenvalue weighted by Crippen LogP contribution is 2.44. The average molecular weight is 262 g/mol. The molecule has 0 bridgehead atoms. The van der Waals surface area contributed by atoms with Gasteiger partial charge in [0.25, 0.3) is 0 Å². The smallest absolute Gasteiger partial charge is 0.127 e. The molecule has 0 fully saturated rings. The molecule has 3 heteroatoms. The van der Waals surface area contributed by atoms with Crippen LogP contribution in [0, 0.1) is 13.8 Å². The number of ether oxygens (including phenoxy) is 1. The number of aryl methyl sites for hydroxylation is 2. The fourth-order valence-electron chi connectivity index (χ4n) is 3.47. The molecule has 1 aromatic carbocycles. The Labute approximate surface area is 116 Å². The Morgan fingerprint density at radius 2 is 1.84 bits per heavy atom. The summed E-state index contributed by atoms with van der Waals surface area (Å²) < 4.78 is 5.95. The number of rotatable bonds is 4. The minimum Gasteiger partial charge on any atom is -0.493 e. The van der Waals surface area contributed by atoms with Crippen molar-refractivity contribution >= 4 is 0 Å². The Kier molecular flexibility index (Phi) is 4.16. The Morgan fingerprint density at radius 3 is 2.42 bits per heavy atom. The van der Waals surface area contributed by atoms with Crippen molar-refractivity contribution < 1.29 is 4.74 Å². The molecule has 1 aliphatic rings. The molecule has 2 rings (SSSR count). The number of nitrogens with two attached hydrogens (primary N) is 1. The van der Waals surface area contributed by atoms with Crippen LogP contribution in [0.5, 0.6) is 5.75 Å². The van der Waals surface area contributed by atoms with Crippen LogP contribution in [0.15, 0.2) is 12.1 Å². The first-order chi connectivity index (χ1) is 9.10. The van der Waals surface area contributed by atoms with Crippen molar-refractivity contribution in [3.8, 4) is 5.75 Å². The summed E-state index contributed by atoms with van der Waals surface area (Å²) in [6.07, 6.45) is 0.975. The molecule has 2 N–H and O–H groups in total. The largest absolute Gasteiger partial charge is 0.493 e. The molecule has 1 aliphatic heterocycles. The second-order valence-electron chi connectivity index (χ2n) is 5.41. The summed E-state index contributed by atoms with van der Waals surface area (Å²) in [5, 5.41) is 0. The van der Waals surface area contributed by atoms with E-state index in [1.165, 1.54) is 16.7 Å². The van der Waals surface area contributed by atoms with Gasteiger partial charge >= 0.3 is 0 Å². The SMILES string of the molecule is CCN(CC)C1(CN)CCOc2c(C)ccc(C)c21. The molecule has 1 aromatic rings. The molecule has 0 aliphatic carbocycles. The Bertz CT molecular complexity index is 454. The van der Waals surface area contributed by atoms with E-state index in [1.807, 2.05) is 0 Å². The second kappa shape index (κ2) is 5.51. The summed E-state index contributed by atoms with van der Waals surface area (Å²) in [7, 11) is 0. The van der Waals surface area contributed by atoms with E-state index >= 15 is 0 Å². The Hall–Kier alpha value is -1.06. The maximum atomic E-state index is 6.23. The lowest BCUT2D eigenvalue weighted by Crippen LogP contribution is -2.54. The first kappa shape index (κ1) is 14.4. The van der Waals surface area contributed by atoms with Crippen LogP contribution >= 0.6 is 0 Å². The number of benzene rings is 1. The third-order valence-corrected chi connectivity index (χ3v) is 4.50. The van der Waals surface area contributed by atoms with Gasteiger partial charge < -0.3 is 10.5 Å². The fourth-order valence-corrected chi connectivity index (χ4v) is 3.47. The highest BCUT2D eigenvalue weighted by Gasteiger charge is 2.42. The van der Waals surface area contributed by atoms with Crippen LogP contribution in [0.1, 0.15) is 37.0 Å². The predicted molar refractivity (Wildman–Crippen MR) is 79.7 cm³/mol. The van der Waals surface area contributed by atoms with Crippen molar-refractivity contribution in [2.45, 2.75) is 39.7 Å². The molecule has 1 unspecified atom stereocenters. The van der Waals surface area contributed by atoms with Crippen molar-refractivity contribution in [1.82, 2.24) is 4.90 Å². The number of hydrogen-bond acceptors (Lipinski definition) is 3. The Balaban J connectivity index is 2.65. The van der Waals surface area contributed by atoms with E-state index < -0.39 is 0 Å². The normalized spacial score (nSPS) is 22.2. The molecule has 0 aromatic heterocycles. The molecule has 0 spiro atoms. The summed E-state index contributed by atoms with van der Waals surface area (Å²) in [5.74, 6) is 1.06. The van der Waals surface area contributed by atoms with Gasteiger partial charge in [-0.25, -0.2) is 0 Å². The lowest BCUT2D eigenvalue weighted by atomic mass is 9.79. The highest BCUT2D eigenvalue weighted by molar-refractivity contribution is 5.51. The van der Waals surface area contributed by atoms with Crippen molar-refractivity contribution in [2.75, 3.05) is 26.2 Å². The van der Waals surface area contributed by atoms with Crippen LogP contribution in [0.3, 0.4) is 0 Å². The van der Waals surface area contributed by atoms with Crippen LogP contribution in [0.4, 0.5) is 0 Å². The highest BCUT2D eigenvalue weighted by atomic mass is 16.5. The number of hydrogen-bond donors (Lipinski definition) is 1. The second-order valence-corrected chi connectivity index (χ2v) is 5.41. The summed E-state index contributed by atoms with van der Waals surface area (Å²) in [6.45, 7) is 12.1. The van der Waals surface area contributed by atoms with Gasteiger partial charge in [0.1, 0.15) is 5.75 Å². The fraction of sp³-hybridized carbons (Fsp3) is 0.625. The molecule has 0 radical (unpaired) electrons. The van der Waals surface area contributed by atoms with E-state index in [-0.39, 0.29) is 5.54 Å². The van der Waals surface area contributed by atoms with Crippen molar-refractivity contribution in [2.24, 2.45) is 5.73 Å². The zero-order valence-corrected chi connectivity index (χ0v) is 12.6. The predicted octanol–water partition coefficient (Wildman–Crippen LogP) is 2.58. The lowest BCUT2D eigenvalue weighted by molar-refractivity contribution is 0.0564. The van der Waals surface area contributed by atoms with Gasteiger partial charge in [0.2, 0.25) is 0 Å². The molecule has 106 valence electrons. The molecule has 19 heavy (non-hydrogen) atoms. The van der Waals surface area contributed by atoms with Crippen LogP contribution in [0.25, 0.3) is 0 Å². The number of fused-ring (bicyclic) bond motifs is 1. The lowest BCUT2D eigenvalue weighted by Gasteiger charge is -2.47. The standard InChI is InChI=1S/C16H26N2O/c1-5-18(6-2)16(11-17)9-10-19-15-13(4)8-7-12(3)14(15)16/h7-8H,5-6,9-11,17H2,1-4H3. The molecular formula is C16H26N2O. The van der Waals surface area contributed by atoms with Gasteiger partial charge in [-0.3, -0.25) is 4.90 Å². The van der Waals surface area contributed by atoms with E-state index in [0.717, 1.165) is 31.9 Å². The molecular weight excluding hydrogens is 236 g/mol. The first-order valence-corrected chi connectivity index (χ1v) is 7.29. The number of nitrogens with zero attached hydrogens (tertiary/aromatic N) is 1. The monoisotopic (exact) mass is 262 g/mol. The Morgan fingerprint density at radius 1 is 1.21 bits per heavy atom. The summed E-state index contributed by atoms with van der Waals surface area (Å²) in [5.41, 5.74) is 9.98. The van der Waals surface area contributed by atoms with Gasteiger partial charge in [-0.15, -0.1) is 0 Å². The van der Waals surface area contributed by atoms with Crippen LogP contribution < -0.4 is 10.5 Å². The average Bonchev–Trinajstić information content (AvgIpc) is 2.44. The first-order valence-electron chi connectivity index (χ1n) is 7.29.